The van der Waals surface area contributed by atoms with Crippen molar-refractivity contribution in [1.29, 1.82) is 0 Å². The molecule has 6 aromatic heterocycles. The standard InChI is InChI=1S/C17H16ClF3N2.C17H10ClF3N2.C13H10ClF3N2.C12H9Cl3N2.C12H10Cl2N2.C12H8ClF3N2/c2*18-15-10-14(11-6-2-1-3-7-11)22-16(23-15)12-8-4-5-9-13(12)17(19,20)21;1-7-8(2)18-12(19-11(7)14)9-5-3-4-6-10(9)13(15,16)17;1-6-7(2)16-12(17-11(6)15)9-4-3-8(13)5-10(9)14;1-7-8(2)15-12(16-11(7)14)9-5-3-4-6-10(9)13;1-7-6-10(13)18-11(17-7)8-4-2-3-5-9(8)12(14,15)16/h4-5,8-11H,1-3,6-7H2;1-10H;3-6H,1-2H3;3-5H,1-2H3;3-6H,1-2H3;2-6H,1H3. The molecular weight excluding hydrogens is 1710 g/mol. The predicted octanol–water partition coefficient (Wildman–Crippen LogP) is 28.7. The molecule has 1 fully saturated rings. The van der Waals surface area contributed by atoms with Gasteiger partial charge in [-0.05, 0) is 128 Å². The summed E-state index contributed by atoms with van der Waals surface area (Å²) < 4.78 is 156. The van der Waals surface area contributed by atoms with Gasteiger partial charge in [-0.3, -0.25) is 0 Å². The summed E-state index contributed by atoms with van der Waals surface area (Å²) in [6, 6.07) is 47.2. The molecular formula is C83H63Cl9F12N12. The summed E-state index contributed by atoms with van der Waals surface area (Å²) in [5.41, 5.74) is 5.38. The smallest absolute Gasteiger partial charge is 0.233 e. The van der Waals surface area contributed by atoms with Gasteiger partial charge in [0.05, 0.1) is 38.0 Å². The first-order chi connectivity index (χ1) is 54.7. The topological polar surface area (TPSA) is 155 Å². The van der Waals surface area contributed by atoms with Gasteiger partial charge in [-0.1, -0.05) is 239 Å². The van der Waals surface area contributed by atoms with E-state index in [1.54, 1.807) is 63.2 Å². The van der Waals surface area contributed by atoms with E-state index in [4.69, 9.17) is 104 Å². The summed E-state index contributed by atoms with van der Waals surface area (Å²) in [4.78, 5) is 49.7. The average molecular weight is 1780 g/mol. The summed E-state index contributed by atoms with van der Waals surface area (Å²) in [6.07, 6.45) is -12.4. The van der Waals surface area contributed by atoms with Gasteiger partial charge in [0.2, 0.25) is 0 Å². The molecule has 6 heterocycles. The first-order valence-electron chi connectivity index (χ1n) is 34.7. The molecule has 33 heteroatoms. The Kier molecular flexibility index (Phi) is 31.1. The minimum Gasteiger partial charge on any atom is -0.233 e. The Morgan fingerprint density at radius 3 is 0.991 bits per heavy atom. The molecule has 0 N–H and O–H groups in total. The largest absolute Gasteiger partial charge is 0.417 e. The molecule has 1 aliphatic carbocycles. The van der Waals surface area contributed by atoms with E-state index in [0.717, 1.165) is 94.8 Å². The van der Waals surface area contributed by atoms with Crippen LogP contribution in [0.15, 0.2) is 188 Å². The zero-order chi connectivity index (χ0) is 84.7. The zero-order valence-corrected chi connectivity index (χ0v) is 68.6. The first kappa shape index (κ1) is 90.7. The Bertz CT molecular complexity index is 5530. The number of rotatable bonds is 8. The Hall–Kier alpha value is -9.21. The molecule has 14 rings (SSSR count). The lowest BCUT2D eigenvalue weighted by molar-refractivity contribution is -0.137. The summed E-state index contributed by atoms with van der Waals surface area (Å²) in [7, 11) is 0. The van der Waals surface area contributed by atoms with E-state index < -0.39 is 47.0 Å². The van der Waals surface area contributed by atoms with E-state index in [0.29, 0.717) is 59.7 Å². The van der Waals surface area contributed by atoms with Crippen LogP contribution in [-0.2, 0) is 24.7 Å². The molecule has 1 aliphatic rings. The molecule has 116 heavy (non-hydrogen) atoms. The summed E-state index contributed by atoms with van der Waals surface area (Å²) in [6.45, 7) is 12.6. The third-order valence-corrected chi connectivity index (χ3v) is 20.1. The van der Waals surface area contributed by atoms with Crippen molar-refractivity contribution in [3.63, 3.8) is 0 Å². The van der Waals surface area contributed by atoms with Crippen molar-refractivity contribution in [2.45, 2.75) is 111 Å². The van der Waals surface area contributed by atoms with Gasteiger partial charge < -0.3 is 0 Å². The maximum absolute atomic E-state index is 13.2. The zero-order valence-electron chi connectivity index (χ0n) is 61.8. The molecule has 13 aromatic rings. The fourth-order valence-corrected chi connectivity index (χ4v) is 13.2. The molecule has 0 amide bonds. The van der Waals surface area contributed by atoms with Crippen LogP contribution in [0, 0.1) is 48.5 Å². The van der Waals surface area contributed by atoms with Crippen molar-refractivity contribution in [1.82, 2.24) is 59.8 Å². The molecule has 0 bridgehead atoms. The highest BCUT2D eigenvalue weighted by atomic mass is 35.5. The molecule has 0 atom stereocenters. The van der Waals surface area contributed by atoms with Crippen molar-refractivity contribution >= 4 is 104 Å². The van der Waals surface area contributed by atoms with Crippen molar-refractivity contribution in [3.8, 4) is 79.6 Å². The SMILES string of the molecule is Cc1cc(Cl)nc(-c2ccccc2C(F)(F)F)n1.Cc1nc(-c2ccc(Cl)cc2Cl)nc(Cl)c1C.Cc1nc(-c2ccccc2C(F)(F)F)nc(Cl)c1C.Cc1nc(-c2ccccc2Cl)nc(Cl)c1C.FC(F)(F)c1ccccc1-c1nc(Cl)cc(-c2ccccc2)n1.FC(F)(F)c1ccccc1-c1nc(Cl)cc(C2CCCCC2)n1. The molecule has 1 saturated carbocycles. The second-order valence-electron chi connectivity index (χ2n) is 25.6. The monoisotopic (exact) mass is 1770 g/mol. The Labute approximate surface area is 704 Å². The van der Waals surface area contributed by atoms with Gasteiger partial charge in [0.15, 0.2) is 34.9 Å². The molecule has 7 aromatic carbocycles. The van der Waals surface area contributed by atoms with Crippen molar-refractivity contribution in [3.05, 3.63) is 301 Å². The van der Waals surface area contributed by atoms with Gasteiger partial charge in [0.1, 0.15) is 30.9 Å². The molecule has 602 valence electrons. The van der Waals surface area contributed by atoms with Crippen LogP contribution in [0.5, 0.6) is 0 Å². The van der Waals surface area contributed by atoms with Crippen LogP contribution in [0.4, 0.5) is 52.7 Å². The number of benzene rings is 7. The van der Waals surface area contributed by atoms with E-state index in [1.807, 2.05) is 70.2 Å². The van der Waals surface area contributed by atoms with E-state index in [1.165, 1.54) is 85.3 Å². The van der Waals surface area contributed by atoms with Crippen molar-refractivity contribution < 1.29 is 52.7 Å². The maximum Gasteiger partial charge on any atom is 0.417 e. The number of alkyl halides is 12. The van der Waals surface area contributed by atoms with E-state index in [-0.39, 0.29) is 72.1 Å². The Balaban J connectivity index is 0.000000160. The second kappa shape index (κ2) is 39.8. The number of nitrogens with zero attached hydrogens (tertiary/aromatic N) is 12. The lowest BCUT2D eigenvalue weighted by atomic mass is 9.87. The summed E-state index contributed by atoms with van der Waals surface area (Å²) in [5, 5.41) is 3.19. The van der Waals surface area contributed by atoms with Gasteiger partial charge in [-0.25, -0.2) is 59.8 Å². The summed E-state index contributed by atoms with van der Waals surface area (Å²) in [5.74, 6) is 1.30. The molecule has 0 radical (unpaired) electrons. The minimum atomic E-state index is -4.49. The van der Waals surface area contributed by atoms with Gasteiger partial charge in [-0.2, -0.15) is 52.7 Å². The highest BCUT2D eigenvalue weighted by molar-refractivity contribution is 6.36. The normalized spacial score (nSPS) is 12.3. The first-order valence-corrected chi connectivity index (χ1v) is 38.1. The van der Waals surface area contributed by atoms with Crippen molar-refractivity contribution in [2.24, 2.45) is 0 Å². The van der Waals surface area contributed by atoms with Crippen LogP contribution in [0.1, 0.15) is 105 Å². The predicted molar refractivity (Wildman–Crippen MR) is 434 cm³/mol. The van der Waals surface area contributed by atoms with Crippen LogP contribution < -0.4 is 0 Å². The van der Waals surface area contributed by atoms with Crippen molar-refractivity contribution in [2.75, 3.05) is 0 Å². The fourth-order valence-electron chi connectivity index (χ4n) is 11.3. The maximum atomic E-state index is 13.2. The minimum absolute atomic E-state index is 0.0129. The molecule has 12 nitrogen and oxygen atoms in total. The van der Waals surface area contributed by atoms with E-state index >= 15 is 0 Å². The van der Waals surface area contributed by atoms with Crippen LogP contribution in [0.2, 0.25) is 46.0 Å². The average Bonchev–Trinajstić information content (AvgIpc) is 0.862. The number of aryl methyl sites for hydroxylation is 4. The second-order valence-corrected chi connectivity index (χ2v) is 29.1. The van der Waals surface area contributed by atoms with Crippen LogP contribution >= 0.6 is 104 Å². The fraction of sp³-hybridized carbons (Fsp3) is 0.205. The number of hydrogen-bond acceptors (Lipinski definition) is 12. The third kappa shape index (κ3) is 24.5. The number of hydrogen-bond donors (Lipinski definition) is 0. The number of halogens is 21. The van der Waals surface area contributed by atoms with E-state index in [9.17, 15) is 52.7 Å². The molecule has 0 saturated heterocycles. The van der Waals surface area contributed by atoms with Crippen LogP contribution in [-0.4, -0.2) is 59.8 Å². The lowest BCUT2D eigenvalue weighted by Gasteiger charge is -2.21. The summed E-state index contributed by atoms with van der Waals surface area (Å²) >= 11 is 53.8. The van der Waals surface area contributed by atoms with Gasteiger partial charge in [-0.15, -0.1) is 0 Å². The highest BCUT2D eigenvalue weighted by Crippen LogP contribution is 2.43. The lowest BCUT2D eigenvalue weighted by Crippen LogP contribution is -2.10. The van der Waals surface area contributed by atoms with Gasteiger partial charge in [0.25, 0.3) is 0 Å². The molecule has 0 unspecified atom stereocenters. The van der Waals surface area contributed by atoms with Crippen LogP contribution in [0.3, 0.4) is 0 Å². The quantitative estimate of drug-likeness (QED) is 0.105. The highest BCUT2D eigenvalue weighted by Gasteiger charge is 2.38. The number of aromatic nitrogens is 12. The van der Waals surface area contributed by atoms with Gasteiger partial charge >= 0.3 is 24.7 Å². The van der Waals surface area contributed by atoms with Gasteiger partial charge in [0, 0.05) is 101 Å². The van der Waals surface area contributed by atoms with E-state index in [2.05, 4.69) is 59.8 Å². The third-order valence-electron chi connectivity index (χ3n) is 17.5. The molecule has 0 aliphatic heterocycles. The Morgan fingerprint density at radius 2 is 0.612 bits per heavy atom. The van der Waals surface area contributed by atoms with Crippen LogP contribution in [0.25, 0.3) is 79.6 Å². The molecule has 0 spiro atoms. The Morgan fingerprint density at radius 1 is 0.284 bits per heavy atom.